The lowest BCUT2D eigenvalue weighted by atomic mass is 10.0. The topological polar surface area (TPSA) is 87.1 Å². The second kappa shape index (κ2) is 10.2. The Balaban J connectivity index is 1.61. The quantitative estimate of drug-likeness (QED) is 0.534. The molecule has 0 saturated heterocycles. The van der Waals surface area contributed by atoms with E-state index in [1.165, 1.54) is 0 Å². The highest BCUT2D eigenvalue weighted by Gasteiger charge is 2.22. The summed E-state index contributed by atoms with van der Waals surface area (Å²) in [5.74, 6) is -0.0570. The van der Waals surface area contributed by atoms with Crippen LogP contribution in [0.3, 0.4) is 0 Å². The van der Waals surface area contributed by atoms with Crippen LogP contribution in [-0.4, -0.2) is 34.1 Å². The third kappa shape index (κ3) is 5.62. The maximum absolute atomic E-state index is 12.8. The van der Waals surface area contributed by atoms with Gasteiger partial charge in [0.15, 0.2) is 0 Å². The van der Waals surface area contributed by atoms with Gasteiger partial charge in [0.1, 0.15) is 11.8 Å². The number of aromatic hydroxyl groups is 1. The normalized spacial score (nSPS) is 11.7. The minimum absolute atomic E-state index is 0.105. The number of hydrogen-bond acceptors (Lipinski definition) is 5. The minimum Gasteiger partial charge on any atom is -0.508 e. The molecule has 0 aliphatic rings. The number of aromatic nitrogens is 2. The summed E-state index contributed by atoms with van der Waals surface area (Å²) in [6, 6.07) is 14.1. The summed E-state index contributed by atoms with van der Waals surface area (Å²) in [4.78, 5) is 20.8. The fourth-order valence-electron chi connectivity index (χ4n) is 2.97. The predicted molar refractivity (Wildman–Crippen MR) is 108 cm³/mol. The molecule has 3 aromatic rings. The fraction of sp³-hybridized carbons (Fsp3) is 0.227. The first-order chi connectivity index (χ1) is 13.7. The lowest BCUT2D eigenvalue weighted by Crippen LogP contribution is -2.39. The molecular weight excluding hydrogens is 352 g/mol. The van der Waals surface area contributed by atoms with E-state index in [0.717, 1.165) is 24.0 Å². The van der Waals surface area contributed by atoms with Gasteiger partial charge in [-0.3, -0.25) is 14.8 Å². The molecule has 2 aromatic heterocycles. The zero-order valence-corrected chi connectivity index (χ0v) is 15.6. The molecule has 0 radical (unpaired) electrons. The monoisotopic (exact) mass is 376 g/mol. The zero-order chi connectivity index (χ0) is 19.6. The van der Waals surface area contributed by atoms with Gasteiger partial charge in [0.25, 0.3) is 0 Å². The number of carbonyl (C=O) groups excluding carboxylic acids is 1. The molecule has 0 spiro atoms. The number of hydrogen-bond donors (Lipinski definition) is 3. The van der Waals surface area contributed by atoms with Crippen molar-refractivity contribution in [3.8, 4) is 5.75 Å². The Morgan fingerprint density at radius 1 is 0.857 bits per heavy atom. The molecule has 6 heteroatoms. The summed E-state index contributed by atoms with van der Waals surface area (Å²) in [5, 5.41) is 16.4. The molecule has 0 aliphatic heterocycles. The van der Waals surface area contributed by atoms with Crippen LogP contribution in [-0.2, 0) is 17.6 Å². The summed E-state index contributed by atoms with van der Waals surface area (Å²) in [7, 11) is 0. The number of pyridine rings is 2. The number of benzene rings is 1. The van der Waals surface area contributed by atoms with Gasteiger partial charge in [-0.05, 0) is 54.3 Å². The average Bonchev–Trinajstić information content (AvgIpc) is 2.73. The number of rotatable bonds is 9. The Hall–Kier alpha value is -3.25. The van der Waals surface area contributed by atoms with Crippen molar-refractivity contribution in [2.45, 2.75) is 18.9 Å². The Kier molecular flexibility index (Phi) is 7.09. The molecule has 144 valence electrons. The first-order valence-corrected chi connectivity index (χ1v) is 9.31. The van der Waals surface area contributed by atoms with E-state index in [2.05, 4.69) is 20.6 Å². The highest BCUT2D eigenvalue weighted by Crippen LogP contribution is 2.23. The largest absolute Gasteiger partial charge is 0.508 e. The van der Waals surface area contributed by atoms with E-state index in [4.69, 9.17) is 0 Å². The maximum atomic E-state index is 12.8. The third-order valence-electron chi connectivity index (χ3n) is 4.48. The standard InChI is InChI=1S/C22H24N4O2/c27-20-4-2-1-3-19(20)21(25-15-9-17-5-11-23-12-6-17)22(28)26-16-10-18-7-13-24-14-8-18/h1-8,11-14,21,25,27H,9-10,15-16H2,(H,26,28). The Labute approximate surface area is 164 Å². The molecule has 2 heterocycles. The number of nitrogens with zero attached hydrogens (tertiary/aromatic N) is 2. The molecule has 1 aromatic carbocycles. The zero-order valence-electron chi connectivity index (χ0n) is 15.6. The Morgan fingerprint density at radius 3 is 2.04 bits per heavy atom. The maximum Gasteiger partial charge on any atom is 0.241 e. The van der Waals surface area contributed by atoms with Crippen LogP contribution < -0.4 is 10.6 Å². The van der Waals surface area contributed by atoms with Crippen LogP contribution in [0.2, 0.25) is 0 Å². The fourth-order valence-corrected chi connectivity index (χ4v) is 2.97. The van der Waals surface area contributed by atoms with Gasteiger partial charge in [0.2, 0.25) is 5.91 Å². The lowest BCUT2D eigenvalue weighted by molar-refractivity contribution is -0.123. The molecule has 0 bridgehead atoms. The van der Waals surface area contributed by atoms with E-state index in [1.54, 1.807) is 43.0 Å². The summed E-state index contributed by atoms with van der Waals surface area (Å²) in [6.45, 7) is 1.11. The van der Waals surface area contributed by atoms with Crippen LogP contribution in [0.5, 0.6) is 5.75 Å². The van der Waals surface area contributed by atoms with Gasteiger partial charge in [0, 0.05) is 43.4 Å². The first kappa shape index (κ1) is 19.5. The van der Waals surface area contributed by atoms with Gasteiger partial charge in [-0.1, -0.05) is 18.2 Å². The summed E-state index contributed by atoms with van der Waals surface area (Å²) in [6.07, 6.45) is 8.46. The molecule has 6 nitrogen and oxygen atoms in total. The van der Waals surface area contributed by atoms with Crippen molar-refractivity contribution in [2.75, 3.05) is 13.1 Å². The van der Waals surface area contributed by atoms with Crippen LogP contribution in [0, 0.1) is 0 Å². The number of para-hydroxylation sites is 1. The Bertz CT molecular complexity index is 872. The number of nitrogens with one attached hydrogen (secondary N) is 2. The van der Waals surface area contributed by atoms with Crippen molar-refractivity contribution in [2.24, 2.45) is 0 Å². The van der Waals surface area contributed by atoms with Gasteiger partial charge in [-0.15, -0.1) is 0 Å². The van der Waals surface area contributed by atoms with Crippen molar-refractivity contribution in [3.63, 3.8) is 0 Å². The number of carbonyl (C=O) groups is 1. The second-order valence-corrected chi connectivity index (χ2v) is 6.45. The van der Waals surface area contributed by atoms with Crippen LogP contribution in [0.25, 0.3) is 0 Å². The Morgan fingerprint density at radius 2 is 1.43 bits per heavy atom. The molecule has 0 aliphatic carbocycles. The summed E-state index contributed by atoms with van der Waals surface area (Å²) >= 11 is 0. The molecule has 3 N–H and O–H groups in total. The van der Waals surface area contributed by atoms with E-state index < -0.39 is 6.04 Å². The van der Waals surface area contributed by atoms with Gasteiger partial charge >= 0.3 is 0 Å². The number of phenols is 1. The van der Waals surface area contributed by atoms with E-state index >= 15 is 0 Å². The van der Waals surface area contributed by atoms with Crippen molar-refractivity contribution in [3.05, 3.63) is 90.0 Å². The van der Waals surface area contributed by atoms with E-state index in [-0.39, 0.29) is 11.7 Å². The molecule has 1 amide bonds. The average molecular weight is 376 g/mol. The van der Waals surface area contributed by atoms with E-state index in [9.17, 15) is 9.90 Å². The molecule has 1 atom stereocenters. The predicted octanol–water partition coefficient (Wildman–Crippen LogP) is 2.41. The van der Waals surface area contributed by atoms with E-state index in [0.29, 0.717) is 18.7 Å². The molecule has 28 heavy (non-hydrogen) atoms. The van der Waals surface area contributed by atoms with Crippen LogP contribution in [0.4, 0.5) is 0 Å². The smallest absolute Gasteiger partial charge is 0.241 e. The van der Waals surface area contributed by atoms with Crippen LogP contribution >= 0.6 is 0 Å². The molecule has 0 fully saturated rings. The third-order valence-corrected chi connectivity index (χ3v) is 4.48. The highest BCUT2D eigenvalue weighted by atomic mass is 16.3. The van der Waals surface area contributed by atoms with Gasteiger partial charge in [-0.2, -0.15) is 0 Å². The highest BCUT2D eigenvalue weighted by molar-refractivity contribution is 5.84. The van der Waals surface area contributed by atoms with Gasteiger partial charge in [0.05, 0.1) is 0 Å². The van der Waals surface area contributed by atoms with Gasteiger partial charge in [-0.25, -0.2) is 0 Å². The molecule has 0 saturated carbocycles. The summed E-state index contributed by atoms with van der Waals surface area (Å²) < 4.78 is 0. The molecular formula is C22H24N4O2. The van der Waals surface area contributed by atoms with Gasteiger partial charge < -0.3 is 15.7 Å². The van der Waals surface area contributed by atoms with Crippen molar-refractivity contribution in [1.29, 1.82) is 0 Å². The van der Waals surface area contributed by atoms with Crippen molar-refractivity contribution < 1.29 is 9.90 Å². The van der Waals surface area contributed by atoms with E-state index in [1.807, 2.05) is 30.3 Å². The van der Waals surface area contributed by atoms with Crippen molar-refractivity contribution in [1.82, 2.24) is 20.6 Å². The first-order valence-electron chi connectivity index (χ1n) is 9.31. The summed E-state index contributed by atoms with van der Waals surface area (Å²) in [5.41, 5.74) is 2.82. The molecule has 3 rings (SSSR count). The second-order valence-electron chi connectivity index (χ2n) is 6.45. The van der Waals surface area contributed by atoms with Crippen molar-refractivity contribution >= 4 is 5.91 Å². The van der Waals surface area contributed by atoms with Crippen LogP contribution in [0.1, 0.15) is 22.7 Å². The minimum atomic E-state index is -0.625. The van der Waals surface area contributed by atoms with Crippen LogP contribution in [0.15, 0.2) is 73.3 Å². The number of amides is 1. The number of phenolic OH excluding ortho intramolecular Hbond substituents is 1. The lowest BCUT2D eigenvalue weighted by Gasteiger charge is -2.20. The molecule has 1 unspecified atom stereocenters. The SMILES string of the molecule is O=C(NCCc1ccncc1)C(NCCc1ccncc1)c1ccccc1O.